The highest BCUT2D eigenvalue weighted by Gasteiger charge is 2.37. The number of ether oxygens (including phenoxy) is 1. The lowest BCUT2D eigenvalue weighted by Crippen LogP contribution is -2.51. The van der Waals surface area contributed by atoms with Crippen LogP contribution in [0.1, 0.15) is 29.4 Å². The highest BCUT2D eigenvalue weighted by molar-refractivity contribution is 7.98. The van der Waals surface area contributed by atoms with Crippen LogP contribution in [0.25, 0.3) is 0 Å². The lowest BCUT2D eigenvalue weighted by Gasteiger charge is -2.36. The number of urea groups is 1. The van der Waals surface area contributed by atoms with Gasteiger partial charge in [-0.25, -0.2) is 23.4 Å². The van der Waals surface area contributed by atoms with E-state index in [4.69, 9.17) is 4.74 Å². The normalized spacial score (nSPS) is 16.8. The summed E-state index contributed by atoms with van der Waals surface area (Å²) in [5, 5.41) is 2.69. The van der Waals surface area contributed by atoms with Gasteiger partial charge in [0.1, 0.15) is 23.7 Å². The molecule has 1 aromatic carbocycles. The number of imidazole rings is 1. The monoisotopic (exact) mass is 424 g/mol. The Hall–Kier alpha value is -2.62. The van der Waals surface area contributed by atoms with Gasteiger partial charge in [-0.3, -0.25) is 0 Å². The van der Waals surface area contributed by atoms with Crippen LogP contribution in [0, 0.1) is 11.6 Å². The van der Waals surface area contributed by atoms with Gasteiger partial charge in [0.25, 0.3) is 0 Å². The van der Waals surface area contributed by atoms with E-state index in [9.17, 15) is 18.4 Å². The van der Waals surface area contributed by atoms with Gasteiger partial charge < -0.3 is 19.9 Å². The maximum atomic E-state index is 14.6. The molecule has 0 aliphatic carbocycles. The molecule has 0 spiro atoms. The first-order valence-corrected chi connectivity index (χ1v) is 10.5. The van der Waals surface area contributed by atoms with Crippen LogP contribution in [0.4, 0.5) is 13.6 Å². The van der Waals surface area contributed by atoms with Crippen LogP contribution in [0.3, 0.4) is 0 Å². The van der Waals surface area contributed by atoms with Crippen LogP contribution in [0.15, 0.2) is 24.5 Å². The lowest BCUT2D eigenvalue weighted by atomic mass is 9.95. The molecule has 3 rings (SSSR count). The van der Waals surface area contributed by atoms with Crippen molar-refractivity contribution < 1.29 is 23.1 Å². The number of H-pyrrole nitrogens is 1. The average Bonchev–Trinajstić information content (AvgIpc) is 3.19. The largest absolute Gasteiger partial charge is 0.467 e. The number of hydrogen-bond acceptors (Lipinski definition) is 5. The minimum atomic E-state index is -0.843. The Bertz CT molecular complexity index is 892. The highest BCUT2D eigenvalue weighted by Crippen LogP contribution is 2.35. The molecular formula is C19H22F2N4O3S. The number of carbonyl (C=O) groups is 2. The van der Waals surface area contributed by atoms with E-state index in [0.717, 1.165) is 17.8 Å². The van der Waals surface area contributed by atoms with E-state index in [-0.39, 0.29) is 12.1 Å². The number of carbonyl (C=O) groups excluding carboxylic acids is 2. The van der Waals surface area contributed by atoms with E-state index in [1.165, 1.54) is 24.4 Å². The van der Waals surface area contributed by atoms with E-state index in [1.807, 2.05) is 6.26 Å². The summed E-state index contributed by atoms with van der Waals surface area (Å²) in [5.41, 5.74) is 1.42. The van der Waals surface area contributed by atoms with Crippen molar-refractivity contribution in [3.63, 3.8) is 0 Å². The minimum Gasteiger partial charge on any atom is -0.467 e. The second kappa shape index (κ2) is 9.25. The van der Waals surface area contributed by atoms with Crippen molar-refractivity contribution in [3.05, 3.63) is 53.1 Å². The molecular weight excluding hydrogens is 402 g/mol. The third kappa shape index (κ3) is 4.52. The Labute approximate surface area is 171 Å². The van der Waals surface area contributed by atoms with Crippen LogP contribution in [-0.2, 0) is 16.0 Å². The number of fused-ring (bicyclic) bond motifs is 1. The van der Waals surface area contributed by atoms with Crippen molar-refractivity contribution in [1.82, 2.24) is 20.2 Å². The van der Waals surface area contributed by atoms with Crippen molar-refractivity contribution in [3.8, 4) is 0 Å². The molecule has 2 amide bonds. The van der Waals surface area contributed by atoms with Gasteiger partial charge in [-0.1, -0.05) is 6.07 Å². The average molecular weight is 424 g/mol. The zero-order chi connectivity index (χ0) is 21.0. The van der Waals surface area contributed by atoms with Crippen molar-refractivity contribution in [2.45, 2.75) is 24.9 Å². The Morgan fingerprint density at radius 3 is 2.93 bits per heavy atom. The molecule has 0 saturated carbocycles. The maximum Gasteiger partial charge on any atom is 0.328 e. The van der Waals surface area contributed by atoms with Crippen LogP contribution < -0.4 is 5.32 Å². The molecule has 156 valence electrons. The zero-order valence-electron chi connectivity index (χ0n) is 16.1. The number of nitrogens with zero attached hydrogens (tertiary/aromatic N) is 2. The SMILES string of the molecule is COC(=O)[C@@H](CCSC)NC(=O)N1CCc2[nH]cnc2[C@H]1c1ccc(F)cc1F. The predicted octanol–water partition coefficient (Wildman–Crippen LogP) is 2.64. The maximum absolute atomic E-state index is 14.6. The Morgan fingerprint density at radius 2 is 2.24 bits per heavy atom. The number of hydrogen-bond donors (Lipinski definition) is 2. The van der Waals surface area contributed by atoms with Crippen LogP contribution >= 0.6 is 11.8 Å². The van der Waals surface area contributed by atoms with Gasteiger partial charge in [0.15, 0.2) is 0 Å². The van der Waals surface area contributed by atoms with E-state index >= 15 is 0 Å². The first-order valence-electron chi connectivity index (χ1n) is 9.07. The molecule has 0 bridgehead atoms. The summed E-state index contributed by atoms with van der Waals surface area (Å²) in [6.07, 6.45) is 4.27. The van der Waals surface area contributed by atoms with E-state index in [2.05, 4.69) is 15.3 Å². The Balaban J connectivity index is 1.91. The Kier molecular flexibility index (Phi) is 6.73. The summed E-state index contributed by atoms with van der Waals surface area (Å²) in [6.45, 7) is 0.277. The molecule has 2 heterocycles. The summed E-state index contributed by atoms with van der Waals surface area (Å²) in [7, 11) is 1.26. The zero-order valence-corrected chi connectivity index (χ0v) is 16.9. The number of benzene rings is 1. The first-order chi connectivity index (χ1) is 14.0. The van der Waals surface area contributed by atoms with Gasteiger partial charge in [0, 0.05) is 30.3 Å². The van der Waals surface area contributed by atoms with Crippen molar-refractivity contribution in [2.75, 3.05) is 25.7 Å². The summed E-state index contributed by atoms with van der Waals surface area (Å²) in [6, 6.07) is 1.03. The molecule has 2 aromatic rings. The number of rotatable bonds is 6. The number of esters is 1. The van der Waals surface area contributed by atoms with Crippen molar-refractivity contribution in [2.24, 2.45) is 0 Å². The lowest BCUT2D eigenvalue weighted by molar-refractivity contribution is -0.142. The van der Waals surface area contributed by atoms with Crippen LogP contribution in [0.2, 0.25) is 0 Å². The second-order valence-corrected chi connectivity index (χ2v) is 7.57. The molecule has 10 heteroatoms. The molecule has 2 atom stereocenters. The molecule has 0 unspecified atom stereocenters. The fourth-order valence-corrected chi connectivity index (χ4v) is 3.86. The fourth-order valence-electron chi connectivity index (χ4n) is 3.39. The summed E-state index contributed by atoms with van der Waals surface area (Å²) >= 11 is 1.54. The fraction of sp³-hybridized carbons (Fsp3) is 0.421. The van der Waals surface area contributed by atoms with Gasteiger partial charge >= 0.3 is 12.0 Å². The van der Waals surface area contributed by atoms with Gasteiger partial charge in [-0.05, 0) is 24.5 Å². The van der Waals surface area contributed by atoms with Gasteiger partial charge in [-0.2, -0.15) is 11.8 Å². The molecule has 2 N–H and O–H groups in total. The molecule has 0 radical (unpaired) electrons. The molecule has 0 fully saturated rings. The standard InChI is InChI=1S/C19H22F2N4O3S/c1-28-18(26)15(6-8-29-2)24-19(27)25-7-5-14-16(23-10-22-14)17(25)12-4-3-11(20)9-13(12)21/h3-4,9-10,15,17H,5-8H2,1-2H3,(H,22,23)(H,24,27)/t15-,17-/m1/s1. The second-order valence-electron chi connectivity index (χ2n) is 6.58. The highest BCUT2D eigenvalue weighted by atomic mass is 32.2. The van der Waals surface area contributed by atoms with Crippen LogP contribution in [0.5, 0.6) is 0 Å². The van der Waals surface area contributed by atoms with Crippen molar-refractivity contribution in [1.29, 1.82) is 0 Å². The quantitative estimate of drug-likeness (QED) is 0.697. The Morgan fingerprint density at radius 1 is 1.45 bits per heavy atom. The van der Waals surface area contributed by atoms with E-state index < -0.39 is 35.7 Å². The molecule has 7 nitrogen and oxygen atoms in total. The van der Waals surface area contributed by atoms with Gasteiger partial charge in [-0.15, -0.1) is 0 Å². The van der Waals surface area contributed by atoms with E-state index in [1.54, 1.807) is 11.8 Å². The van der Waals surface area contributed by atoms with Crippen molar-refractivity contribution >= 4 is 23.8 Å². The van der Waals surface area contributed by atoms with E-state index in [0.29, 0.717) is 24.3 Å². The summed E-state index contributed by atoms with van der Waals surface area (Å²) in [4.78, 5) is 33.8. The molecule has 0 saturated heterocycles. The molecule has 29 heavy (non-hydrogen) atoms. The number of methoxy groups -OCH3 is 1. The third-order valence-electron chi connectivity index (χ3n) is 4.84. The topological polar surface area (TPSA) is 87.3 Å². The molecule has 1 aliphatic heterocycles. The smallest absolute Gasteiger partial charge is 0.328 e. The summed E-state index contributed by atoms with van der Waals surface area (Å²) in [5.74, 6) is -1.37. The third-order valence-corrected chi connectivity index (χ3v) is 5.48. The summed E-state index contributed by atoms with van der Waals surface area (Å²) < 4.78 is 32.8. The number of aromatic nitrogens is 2. The van der Waals surface area contributed by atoms with Crippen LogP contribution in [-0.4, -0.2) is 58.6 Å². The minimum absolute atomic E-state index is 0.133. The molecule has 1 aromatic heterocycles. The first kappa shape index (κ1) is 21.1. The number of halogens is 2. The molecule has 1 aliphatic rings. The number of thioether (sulfide) groups is 1. The predicted molar refractivity (Wildman–Crippen MR) is 105 cm³/mol. The van der Waals surface area contributed by atoms with Gasteiger partial charge in [0.2, 0.25) is 0 Å². The number of nitrogens with one attached hydrogen (secondary N) is 2. The van der Waals surface area contributed by atoms with Gasteiger partial charge in [0.05, 0.1) is 19.1 Å². The number of amides is 2. The number of aromatic amines is 1.